The zero-order valence-electron chi connectivity index (χ0n) is 10.4. The molecule has 1 aliphatic carbocycles. The Hall–Kier alpha value is -1.07. The van der Waals surface area contributed by atoms with Crippen molar-refractivity contribution in [2.45, 2.75) is 31.7 Å². The Balaban J connectivity index is 2.31. The second kappa shape index (κ2) is 6.20. The summed E-state index contributed by atoms with van der Waals surface area (Å²) in [5, 5.41) is 0. The molecule has 0 atom stereocenters. The molecular formula is C13H18BrN3O. The standard InChI is InChI=1S/C13H18BrN3O/c1-18-10-6-7-12(14)11(8-10)13(17-15)16-9-4-2-3-5-9/h6-9H,2-5,15H2,1H3,(H,16,17). The number of benzene rings is 1. The molecule has 0 saturated heterocycles. The number of hydrazine groups is 1. The monoisotopic (exact) mass is 311 g/mol. The van der Waals surface area contributed by atoms with Crippen molar-refractivity contribution < 1.29 is 4.74 Å². The van der Waals surface area contributed by atoms with E-state index in [0.29, 0.717) is 11.9 Å². The number of methoxy groups -OCH3 is 1. The zero-order valence-corrected chi connectivity index (χ0v) is 12.0. The summed E-state index contributed by atoms with van der Waals surface area (Å²) < 4.78 is 6.19. The van der Waals surface area contributed by atoms with Gasteiger partial charge in [-0.2, -0.15) is 0 Å². The number of halogens is 1. The van der Waals surface area contributed by atoms with E-state index in [9.17, 15) is 0 Å². The van der Waals surface area contributed by atoms with Crippen LogP contribution in [0.25, 0.3) is 0 Å². The van der Waals surface area contributed by atoms with E-state index in [0.717, 1.165) is 28.6 Å². The fourth-order valence-corrected chi connectivity index (χ4v) is 2.65. The predicted molar refractivity (Wildman–Crippen MR) is 76.8 cm³/mol. The molecule has 0 spiro atoms. The van der Waals surface area contributed by atoms with Gasteiger partial charge in [-0.15, -0.1) is 0 Å². The number of ether oxygens (including phenoxy) is 1. The van der Waals surface area contributed by atoms with Gasteiger partial charge in [0, 0.05) is 10.0 Å². The molecule has 2 rings (SSSR count). The van der Waals surface area contributed by atoms with Gasteiger partial charge < -0.3 is 10.2 Å². The quantitative estimate of drug-likeness (QED) is 0.390. The molecule has 0 unspecified atom stereocenters. The van der Waals surface area contributed by atoms with Crippen molar-refractivity contribution in [3.05, 3.63) is 28.2 Å². The minimum absolute atomic E-state index is 0.383. The van der Waals surface area contributed by atoms with Gasteiger partial charge in [0.2, 0.25) is 0 Å². The van der Waals surface area contributed by atoms with Gasteiger partial charge in [-0.25, -0.2) is 5.84 Å². The molecule has 1 aromatic carbocycles. The van der Waals surface area contributed by atoms with Crippen molar-refractivity contribution >= 4 is 21.8 Å². The smallest absolute Gasteiger partial charge is 0.144 e. The minimum Gasteiger partial charge on any atom is -0.497 e. The SMILES string of the molecule is COc1ccc(Br)c(C(=NC2CCCC2)NN)c1. The highest BCUT2D eigenvalue weighted by molar-refractivity contribution is 9.10. The molecule has 3 N–H and O–H groups in total. The first-order valence-corrected chi connectivity index (χ1v) is 6.92. The van der Waals surface area contributed by atoms with E-state index in [4.69, 9.17) is 15.6 Å². The van der Waals surface area contributed by atoms with Crippen LogP contribution >= 0.6 is 15.9 Å². The van der Waals surface area contributed by atoms with E-state index < -0.39 is 0 Å². The molecule has 1 aromatic rings. The van der Waals surface area contributed by atoms with Crippen molar-refractivity contribution in [1.29, 1.82) is 0 Å². The Labute approximate surface area is 116 Å². The molecule has 0 radical (unpaired) electrons. The Morgan fingerprint density at radius 2 is 2.17 bits per heavy atom. The number of nitrogens with one attached hydrogen (secondary N) is 1. The van der Waals surface area contributed by atoms with Gasteiger partial charge in [0.15, 0.2) is 0 Å². The van der Waals surface area contributed by atoms with Crippen LogP contribution in [-0.2, 0) is 0 Å². The summed E-state index contributed by atoms with van der Waals surface area (Å²) in [6.45, 7) is 0. The van der Waals surface area contributed by atoms with E-state index in [2.05, 4.69) is 21.4 Å². The molecule has 5 heteroatoms. The maximum Gasteiger partial charge on any atom is 0.144 e. The number of aliphatic imine (C=N–C) groups is 1. The fourth-order valence-electron chi connectivity index (χ4n) is 2.21. The summed E-state index contributed by atoms with van der Waals surface area (Å²) in [6, 6.07) is 6.15. The molecular weight excluding hydrogens is 294 g/mol. The molecule has 1 fully saturated rings. The Morgan fingerprint density at radius 3 is 2.78 bits per heavy atom. The van der Waals surface area contributed by atoms with Crippen LogP contribution in [0.4, 0.5) is 0 Å². The van der Waals surface area contributed by atoms with Gasteiger partial charge in [0.1, 0.15) is 11.6 Å². The van der Waals surface area contributed by atoms with Crippen LogP contribution in [0.5, 0.6) is 5.75 Å². The number of amidine groups is 1. The molecule has 1 saturated carbocycles. The first-order chi connectivity index (χ1) is 8.74. The third-order valence-corrected chi connectivity index (χ3v) is 3.89. The van der Waals surface area contributed by atoms with Gasteiger partial charge in [-0.1, -0.05) is 28.8 Å². The first-order valence-electron chi connectivity index (χ1n) is 6.13. The van der Waals surface area contributed by atoms with Gasteiger partial charge in [-0.05, 0) is 31.0 Å². The molecule has 1 aliphatic rings. The van der Waals surface area contributed by atoms with E-state index in [1.165, 1.54) is 12.8 Å². The summed E-state index contributed by atoms with van der Waals surface area (Å²) in [5.74, 6) is 7.11. The highest BCUT2D eigenvalue weighted by Crippen LogP contribution is 2.25. The van der Waals surface area contributed by atoms with Crippen LogP contribution in [0.15, 0.2) is 27.7 Å². The lowest BCUT2D eigenvalue weighted by atomic mass is 10.2. The number of nitrogens with two attached hydrogens (primary N) is 1. The van der Waals surface area contributed by atoms with Crippen LogP contribution in [0.2, 0.25) is 0 Å². The van der Waals surface area contributed by atoms with Crippen LogP contribution in [-0.4, -0.2) is 19.0 Å². The Bertz CT molecular complexity index is 442. The molecule has 18 heavy (non-hydrogen) atoms. The second-order valence-corrected chi connectivity index (χ2v) is 5.26. The normalized spacial score (nSPS) is 16.9. The van der Waals surface area contributed by atoms with Crippen molar-refractivity contribution in [3.8, 4) is 5.75 Å². The van der Waals surface area contributed by atoms with Crippen LogP contribution in [0.3, 0.4) is 0 Å². The number of rotatable bonds is 3. The van der Waals surface area contributed by atoms with Crippen molar-refractivity contribution in [2.24, 2.45) is 10.8 Å². The van der Waals surface area contributed by atoms with Gasteiger partial charge in [0.25, 0.3) is 0 Å². The maximum absolute atomic E-state index is 5.60. The highest BCUT2D eigenvalue weighted by Gasteiger charge is 2.16. The Morgan fingerprint density at radius 1 is 1.44 bits per heavy atom. The lowest BCUT2D eigenvalue weighted by Crippen LogP contribution is -2.32. The molecule has 4 nitrogen and oxygen atoms in total. The van der Waals surface area contributed by atoms with Crippen LogP contribution in [0.1, 0.15) is 31.2 Å². The minimum atomic E-state index is 0.383. The third-order valence-electron chi connectivity index (χ3n) is 3.20. The molecule has 0 aromatic heterocycles. The van der Waals surface area contributed by atoms with Crippen LogP contribution < -0.4 is 16.0 Å². The topological polar surface area (TPSA) is 59.6 Å². The second-order valence-electron chi connectivity index (χ2n) is 4.41. The average Bonchev–Trinajstić information content (AvgIpc) is 2.90. The van der Waals surface area contributed by atoms with E-state index in [-0.39, 0.29) is 0 Å². The number of hydrogen-bond acceptors (Lipinski definition) is 3. The van der Waals surface area contributed by atoms with Crippen LogP contribution in [0, 0.1) is 0 Å². The van der Waals surface area contributed by atoms with Gasteiger partial charge >= 0.3 is 0 Å². The summed E-state index contributed by atoms with van der Waals surface area (Å²) >= 11 is 3.52. The molecule has 98 valence electrons. The van der Waals surface area contributed by atoms with Gasteiger partial charge in [0.05, 0.1) is 13.2 Å². The summed E-state index contributed by atoms with van der Waals surface area (Å²) in [7, 11) is 1.65. The van der Waals surface area contributed by atoms with Crippen molar-refractivity contribution in [1.82, 2.24) is 5.43 Å². The summed E-state index contributed by atoms with van der Waals surface area (Å²) in [4.78, 5) is 4.70. The van der Waals surface area contributed by atoms with E-state index in [1.54, 1.807) is 7.11 Å². The van der Waals surface area contributed by atoms with E-state index >= 15 is 0 Å². The highest BCUT2D eigenvalue weighted by atomic mass is 79.9. The first kappa shape index (κ1) is 13.4. The summed E-state index contributed by atoms with van der Waals surface area (Å²) in [6.07, 6.45) is 4.80. The average molecular weight is 312 g/mol. The largest absolute Gasteiger partial charge is 0.497 e. The molecule has 0 heterocycles. The maximum atomic E-state index is 5.60. The van der Waals surface area contributed by atoms with E-state index in [1.807, 2.05) is 18.2 Å². The Kier molecular flexibility index (Phi) is 4.60. The van der Waals surface area contributed by atoms with Crippen molar-refractivity contribution in [2.75, 3.05) is 7.11 Å². The molecule has 0 aliphatic heterocycles. The van der Waals surface area contributed by atoms with Crippen molar-refractivity contribution in [3.63, 3.8) is 0 Å². The lowest BCUT2D eigenvalue weighted by molar-refractivity contribution is 0.414. The number of nitrogens with zero attached hydrogens (tertiary/aromatic N) is 1. The third kappa shape index (κ3) is 3.03. The number of hydrogen-bond donors (Lipinski definition) is 2. The lowest BCUT2D eigenvalue weighted by Gasteiger charge is -2.12. The molecule has 0 amide bonds. The fraction of sp³-hybridized carbons (Fsp3) is 0.462. The summed E-state index contributed by atoms with van der Waals surface area (Å²) in [5.41, 5.74) is 3.64. The van der Waals surface area contributed by atoms with Gasteiger partial charge in [-0.3, -0.25) is 4.99 Å². The predicted octanol–water partition coefficient (Wildman–Crippen LogP) is 2.61. The zero-order chi connectivity index (χ0) is 13.0. The molecule has 0 bridgehead atoms.